The van der Waals surface area contributed by atoms with Gasteiger partial charge in [-0.2, -0.15) is 0 Å². The van der Waals surface area contributed by atoms with Gasteiger partial charge in [0.05, 0.1) is 23.4 Å². The number of methoxy groups -OCH3 is 1. The largest absolute Gasteiger partial charge is 0.467 e. The monoisotopic (exact) mass is 570 g/mol. The van der Waals surface area contributed by atoms with Crippen molar-refractivity contribution in [3.8, 4) is 0 Å². The number of esters is 4. The highest BCUT2D eigenvalue weighted by molar-refractivity contribution is 14.1. The molecule has 5 atom stereocenters. The fraction of sp³-hybridized carbons (Fsp3) is 0.818. The molecule has 0 saturated carbocycles. The Morgan fingerprint density at radius 3 is 1.34 bits per heavy atom. The van der Waals surface area contributed by atoms with E-state index in [1.165, 1.54) is 7.11 Å². The molecule has 9 nitrogen and oxygen atoms in total. The number of alkyl halides is 1. The zero-order valence-electron chi connectivity index (χ0n) is 20.4. The molecule has 0 bridgehead atoms. The molecule has 0 N–H and O–H groups in total. The lowest BCUT2D eigenvalue weighted by molar-refractivity contribution is -0.240. The minimum Gasteiger partial charge on any atom is -0.467 e. The molecule has 0 radical (unpaired) electrons. The maximum absolute atomic E-state index is 12.8. The van der Waals surface area contributed by atoms with Crippen molar-refractivity contribution >= 4 is 46.5 Å². The molecule has 0 aliphatic carbocycles. The van der Waals surface area contributed by atoms with Crippen LogP contribution in [0.1, 0.15) is 62.3 Å². The van der Waals surface area contributed by atoms with Gasteiger partial charge in [0.2, 0.25) is 0 Å². The van der Waals surface area contributed by atoms with Gasteiger partial charge in [0, 0.05) is 0 Å². The average molecular weight is 570 g/mol. The zero-order valence-corrected chi connectivity index (χ0v) is 22.6. The SMILES string of the molecule is COC(=O)C1OC(I)C(OC(=O)C(C)(C)C)C(OC(=O)C(C)(C)C)C1OC(=O)C(C)(C)C. The highest BCUT2D eigenvalue weighted by Crippen LogP contribution is 2.35. The molecule has 1 aliphatic heterocycles. The first-order chi connectivity index (χ1) is 14.3. The van der Waals surface area contributed by atoms with E-state index in [-0.39, 0.29) is 0 Å². The van der Waals surface area contributed by atoms with Crippen molar-refractivity contribution < 1.29 is 42.9 Å². The Morgan fingerprint density at radius 1 is 0.656 bits per heavy atom. The van der Waals surface area contributed by atoms with Crippen LogP contribution in [0.4, 0.5) is 0 Å². The number of hydrogen-bond donors (Lipinski definition) is 0. The van der Waals surface area contributed by atoms with Crippen molar-refractivity contribution in [3.05, 3.63) is 0 Å². The van der Waals surface area contributed by atoms with E-state index < -0.39 is 68.6 Å². The molecule has 184 valence electrons. The van der Waals surface area contributed by atoms with Gasteiger partial charge < -0.3 is 23.7 Å². The first-order valence-corrected chi connectivity index (χ1v) is 11.6. The van der Waals surface area contributed by atoms with Gasteiger partial charge in [-0.25, -0.2) is 4.79 Å². The molecule has 1 aliphatic rings. The van der Waals surface area contributed by atoms with E-state index in [0.717, 1.165) is 0 Å². The van der Waals surface area contributed by atoms with Crippen molar-refractivity contribution in [2.45, 2.75) is 90.8 Å². The lowest BCUT2D eigenvalue weighted by Crippen LogP contribution is -2.63. The van der Waals surface area contributed by atoms with E-state index >= 15 is 0 Å². The van der Waals surface area contributed by atoms with Crippen molar-refractivity contribution in [2.75, 3.05) is 7.11 Å². The van der Waals surface area contributed by atoms with E-state index in [9.17, 15) is 19.2 Å². The van der Waals surface area contributed by atoms with Crippen molar-refractivity contribution in [3.63, 3.8) is 0 Å². The lowest BCUT2D eigenvalue weighted by Gasteiger charge is -2.43. The molecule has 5 unspecified atom stereocenters. The molecule has 1 fully saturated rings. The third kappa shape index (κ3) is 7.29. The van der Waals surface area contributed by atoms with Gasteiger partial charge in [-0.15, -0.1) is 0 Å². The maximum atomic E-state index is 12.8. The van der Waals surface area contributed by atoms with Gasteiger partial charge >= 0.3 is 23.9 Å². The van der Waals surface area contributed by atoms with Gasteiger partial charge in [0.15, 0.2) is 28.5 Å². The second kappa shape index (κ2) is 10.2. The summed E-state index contributed by atoms with van der Waals surface area (Å²) in [4.78, 5) is 50.6. The Hall–Kier alpha value is -1.43. The summed E-state index contributed by atoms with van der Waals surface area (Å²) >= 11 is 1.85. The fourth-order valence-electron chi connectivity index (χ4n) is 2.39. The normalized spacial score (nSPS) is 26.7. The predicted molar refractivity (Wildman–Crippen MR) is 123 cm³/mol. The van der Waals surface area contributed by atoms with Crippen LogP contribution < -0.4 is 0 Å². The minimum atomic E-state index is -1.38. The molecule has 1 saturated heterocycles. The van der Waals surface area contributed by atoms with Crippen LogP contribution in [-0.4, -0.2) is 59.5 Å². The number of halogens is 1. The topological polar surface area (TPSA) is 114 Å². The molecule has 0 aromatic carbocycles. The van der Waals surface area contributed by atoms with Gasteiger partial charge in [0.1, 0.15) is 0 Å². The number of carbonyl (C=O) groups is 4. The number of ether oxygens (including phenoxy) is 5. The predicted octanol–water partition coefficient (Wildman–Crippen LogP) is 3.19. The maximum Gasteiger partial charge on any atom is 0.339 e. The summed E-state index contributed by atoms with van der Waals surface area (Å²) in [6.45, 7) is 14.9. The van der Waals surface area contributed by atoms with Crippen molar-refractivity contribution in [1.82, 2.24) is 0 Å². The smallest absolute Gasteiger partial charge is 0.339 e. The molecular weight excluding hydrogens is 535 g/mol. The second-order valence-corrected chi connectivity index (χ2v) is 12.0. The minimum absolute atomic E-state index is 0.568. The van der Waals surface area contributed by atoms with Crippen molar-refractivity contribution in [2.24, 2.45) is 16.2 Å². The summed E-state index contributed by atoms with van der Waals surface area (Å²) in [6, 6.07) is 0. The fourth-order valence-corrected chi connectivity index (χ4v) is 3.27. The number of rotatable bonds is 4. The third-order valence-electron chi connectivity index (χ3n) is 4.48. The summed E-state index contributed by atoms with van der Waals surface area (Å²) in [5.74, 6) is -2.65. The van der Waals surface area contributed by atoms with Crippen molar-refractivity contribution in [1.29, 1.82) is 0 Å². The van der Waals surface area contributed by atoms with Crippen LogP contribution in [0.5, 0.6) is 0 Å². The van der Waals surface area contributed by atoms with Gasteiger partial charge in [-0.05, 0) is 84.9 Å². The first kappa shape index (κ1) is 28.6. The van der Waals surface area contributed by atoms with Crippen LogP contribution in [0.2, 0.25) is 0 Å². The summed E-state index contributed by atoms with van der Waals surface area (Å²) in [7, 11) is 1.17. The molecular formula is C22H35IO9. The van der Waals surface area contributed by atoms with E-state index in [0.29, 0.717) is 0 Å². The highest BCUT2D eigenvalue weighted by Gasteiger charge is 2.55. The molecule has 0 amide bonds. The Labute approximate surface area is 203 Å². The van der Waals surface area contributed by atoms with E-state index in [1.54, 1.807) is 62.3 Å². The summed E-state index contributed by atoms with van der Waals surface area (Å²) in [5.41, 5.74) is -2.68. The Kier molecular flexibility index (Phi) is 9.15. The molecule has 1 rings (SSSR count). The van der Waals surface area contributed by atoms with Crippen LogP contribution in [0, 0.1) is 16.2 Å². The first-order valence-electron chi connectivity index (χ1n) is 10.3. The van der Waals surface area contributed by atoms with Crippen LogP contribution in [0.15, 0.2) is 0 Å². The molecule has 32 heavy (non-hydrogen) atoms. The average Bonchev–Trinajstić information content (AvgIpc) is 2.62. The molecule has 0 aromatic heterocycles. The Bertz CT molecular complexity index is 727. The Morgan fingerprint density at radius 2 is 1.00 bits per heavy atom. The summed E-state index contributed by atoms with van der Waals surface area (Å²) in [5, 5.41) is 0. The number of carbonyl (C=O) groups excluding carboxylic acids is 4. The lowest BCUT2D eigenvalue weighted by atomic mass is 9.93. The standard InChI is InChI=1S/C22H35IO9/c1-20(2,3)17(25)30-11-12(31-18(26)21(4,5)6)14(16(24)28-10)29-15(23)13(11)32-19(27)22(7,8)9/h11-15H,1-10H3. The quantitative estimate of drug-likeness (QED) is 0.218. The molecule has 10 heteroatoms. The van der Waals surface area contributed by atoms with Gasteiger partial charge in [-0.3, -0.25) is 14.4 Å². The molecule has 0 spiro atoms. The Balaban J connectivity index is 3.51. The van der Waals surface area contributed by atoms with E-state index in [1.807, 2.05) is 22.6 Å². The summed E-state index contributed by atoms with van der Waals surface area (Å²) in [6.07, 6.45) is -5.19. The van der Waals surface area contributed by atoms with E-state index in [2.05, 4.69) is 0 Å². The third-order valence-corrected chi connectivity index (χ3v) is 5.48. The number of hydrogen-bond acceptors (Lipinski definition) is 9. The highest BCUT2D eigenvalue weighted by atomic mass is 127. The van der Waals surface area contributed by atoms with E-state index in [4.69, 9.17) is 23.7 Å². The van der Waals surface area contributed by atoms with Crippen LogP contribution in [-0.2, 0) is 42.9 Å². The second-order valence-electron chi connectivity index (χ2n) is 10.8. The summed E-state index contributed by atoms with van der Waals surface area (Å²) < 4.78 is 26.7. The molecule has 0 aromatic rings. The van der Waals surface area contributed by atoms with Crippen LogP contribution in [0.25, 0.3) is 0 Å². The zero-order chi connectivity index (χ0) is 25.2. The van der Waals surface area contributed by atoms with Gasteiger partial charge in [-0.1, -0.05) is 0 Å². The van der Waals surface area contributed by atoms with Crippen LogP contribution in [0.3, 0.4) is 0 Å². The molecule has 1 heterocycles. The van der Waals surface area contributed by atoms with Gasteiger partial charge in [0.25, 0.3) is 0 Å². The van der Waals surface area contributed by atoms with Crippen LogP contribution >= 0.6 is 22.6 Å².